The fraction of sp³-hybridized carbons (Fsp3) is 0.438. The van der Waals surface area contributed by atoms with E-state index in [2.05, 4.69) is 4.90 Å². The van der Waals surface area contributed by atoms with Gasteiger partial charge in [-0.15, -0.1) is 0 Å². The van der Waals surface area contributed by atoms with Gasteiger partial charge in [-0.3, -0.25) is 4.79 Å². The van der Waals surface area contributed by atoms with Crippen molar-refractivity contribution in [2.24, 2.45) is 5.92 Å². The quantitative estimate of drug-likeness (QED) is 0.733. The van der Waals surface area contributed by atoms with E-state index in [1.807, 2.05) is 24.3 Å². The smallest absolute Gasteiger partial charge is 0.182 e. The molecule has 0 aromatic heterocycles. The van der Waals surface area contributed by atoms with Gasteiger partial charge in [-0.2, -0.15) is 0 Å². The molecule has 1 aromatic carbocycles. The molecule has 0 unspecified atom stereocenters. The molecule has 4 heteroatoms. The molecule has 20 heavy (non-hydrogen) atoms. The van der Waals surface area contributed by atoms with Gasteiger partial charge in [0.1, 0.15) is 13.2 Å². The third-order valence-corrected chi connectivity index (χ3v) is 4.33. The summed E-state index contributed by atoms with van der Waals surface area (Å²) in [5.74, 6) is 2.10. The van der Waals surface area contributed by atoms with Crippen LogP contribution in [0.1, 0.15) is 18.4 Å². The average molecular weight is 271 g/mol. The van der Waals surface area contributed by atoms with Gasteiger partial charge in [0, 0.05) is 19.0 Å². The number of benzene rings is 1. The molecule has 0 amide bonds. The van der Waals surface area contributed by atoms with Crippen LogP contribution in [0.15, 0.2) is 23.9 Å². The van der Waals surface area contributed by atoms with Crippen LogP contribution in [0, 0.1) is 5.92 Å². The van der Waals surface area contributed by atoms with Crippen LogP contribution in [0.5, 0.6) is 11.5 Å². The summed E-state index contributed by atoms with van der Waals surface area (Å²) in [6, 6.07) is 5.86. The number of hydrogen-bond acceptors (Lipinski definition) is 4. The minimum atomic E-state index is 0.239. The highest BCUT2D eigenvalue weighted by Gasteiger charge is 2.36. The molecule has 0 saturated carbocycles. The molecule has 0 spiro atoms. The molecule has 4 heterocycles. The molecule has 0 atom stereocenters. The standard InChI is InChI=1S/C16H17NO3/c18-16-12-3-5-17(6-4-12)13(16)9-11-1-2-14-15(10-11)20-8-7-19-14/h1-2,9-10,12H,3-8H2/b13-9+. The fourth-order valence-corrected chi connectivity index (χ4v) is 3.22. The Bertz CT molecular complexity index is 585. The van der Waals surface area contributed by atoms with Gasteiger partial charge in [0.25, 0.3) is 0 Å². The predicted molar refractivity (Wildman–Crippen MR) is 74.7 cm³/mol. The maximum absolute atomic E-state index is 12.3. The van der Waals surface area contributed by atoms with Crippen molar-refractivity contribution in [3.63, 3.8) is 0 Å². The van der Waals surface area contributed by atoms with E-state index in [1.165, 1.54) is 0 Å². The molecule has 4 aliphatic heterocycles. The number of rotatable bonds is 1. The summed E-state index contributed by atoms with van der Waals surface area (Å²) in [5, 5.41) is 0. The first-order chi connectivity index (χ1) is 9.81. The lowest BCUT2D eigenvalue weighted by Gasteiger charge is -2.41. The number of carbonyl (C=O) groups excluding carboxylic acids is 1. The summed E-state index contributed by atoms with van der Waals surface area (Å²) < 4.78 is 11.1. The molecule has 0 aliphatic carbocycles. The van der Waals surface area contributed by atoms with Crippen LogP contribution in [0.4, 0.5) is 0 Å². The Morgan fingerprint density at radius 2 is 1.85 bits per heavy atom. The third kappa shape index (κ3) is 1.87. The van der Waals surface area contributed by atoms with Crippen LogP contribution < -0.4 is 9.47 Å². The number of carbonyl (C=O) groups is 1. The topological polar surface area (TPSA) is 38.8 Å². The van der Waals surface area contributed by atoms with Crippen molar-refractivity contribution in [3.05, 3.63) is 29.5 Å². The number of nitrogens with zero attached hydrogens (tertiary/aromatic N) is 1. The van der Waals surface area contributed by atoms with Crippen molar-refractivity contribution < 1.29 is 14.3 Å². The molecule has 104 valence electrons. The van der Waals surface area contributed by atoms with Crippen LogP contribution in [0.25, 0.3) is 6.08 Å². The number of piperidine rings is 3. The highest BCUT2D eigenvalue weighted by atomic mass is 16.6. The summed E-state index contributed by atoms with van der Waals surface area (Å²) in [6.45, 7) is 3.20. The van der Waals surface area contributed by atoms with E-state index in [0.717, 1.165) is 48.7 Å². The van der Waals surface area contributed by atoms with Gasteiger partial charge >= 0.3 is 0 Å². The number of Topliss-reactive ketones (excluding diaryl/α,β-unsaturated/α-hetero) is 1. The van der Waals surface area contributed by atoms with Crippen molar-refractivity contribution in [1.82, 2.24) is 4.90 Å². The number of hydrogen-bond donors (Lipinski definition) is 0. The van der Waals surface area contributed by atoms with Crippen LogP contribution in [-0.2, 0) is 4.79 Å². The van der Waals surface area contributed by atoms with Gasteiger partial charge in [-0.25, -0.2) is 0 Å². The van der Waals surface area contributed by atoms with Crippen LogP contribution >= 0.6 is 0 Å². The zero-order valence-electron chi connectivity index (χ0n) is 11.3. The van der Waals surface area contributed by atoms with Gasteiger partial charge in [0.2, 0.25) is 0 Å². The highest BCUT2D eigenvalue weighted by Crippen LogP contribution is 2.35. The average Bonchev–Trinajstić information content (AvgIpc) is 2.51. The number of ether oxygens (including phenoxy) is 2. The van der Waals surface area contributed by atoms with Crippen molar-refractivity contribution in [2.75, 3.05) is 26.3 Å². The Hall–Kier alpha value is -1.97. The van der Waals surface area contributed by atoms with E-state index >= 15 is 0 Å². The first-order valence-corrected chi connectivity index (χ1v) is 7.22. The Morgan fingerprint density at radius 1 is 1.10 bits per heavy atom. The summed E-state index contributed by atoms with van der Waals surface area (Å²) in [7, 11) is 0. The summed E-state index contributed by atoms with van der Waals surface area (Å²) in [5.41, 5.74) is 1.87. The van der Waals surface area contributed by atoms with E-state index < -0.39 is 0 Å². The van der Waals surface area contributed by atoms with Gasteiger partial charge in [-0.1, -0.05) is 6.07 Å². The van der Waals surface area contributed by atoms with E-state index in [-0.39, 0.29) is 5.92 Å². The Balaban J connectivity index is 1.68. The second kappa shape index (κ2) is 4.54. The maximum Gasteiger partial charge on any atom is 0.182 e. The van der Waals surface area contributed by atoms with E-state index in [4.69, 9.17) is 9.47 Å². The molecule has 0 radical (unpaired) electrons. The lowest BCUT2D eigenvalue weighted by atomic mass is 9.84. The first kappa shape index (κ1) is 11.8. The second-order valence-corrected chi connectivity index (χ2v) is 5.56. The summed E-state index contributed by atoms with van der Waals surface area (Å²) in [4.78, 5) is 14.5. The molecule has 5 rings (SSSR count). The Morgan fingerprint density at radius 3 is 2.60 bits per heavy atom. The predicted octanol–water partition coefficient (Wildman–Crippen LogP) is 2.09. The maximum atomic E-state index is 12.3. The number of ketones is 1. The molecule has 3 fully saturated rings. The van der Waals surface area contributed by atoms with Crippen LogP contribution in [0.3, 0.4) is 0 Å². The summed E-state index contributed by atoms with van der Waals surface area (Å²) >= 11 is 0. The lowest BCUT2D eigenvalue weighted by Crippen LogP contribution is -2.45. The monoisotopic (exact) mass is 271 g/mol. The number of fused-ring (bicyclic) bond motifs is 4. The molecule has 2 bridgehead atoms. The second-order valence-electron chi connectivity index (χ2n) is 5.56. The summed E-state index contributed by atoms with van der Waals surface area (Å²) in [6.07, 6.45) is 4.01. The SMILES string of the molecule is O=C1/C(=C\c2ccc3c(c2)OCCO3)N2CCC1CC2. The van der Waals surface area contributed by atoms with Crippen molar-refractivity contribution in [1.29, 1.82) is 0 Å². The zero-order valence-corrected chi connectivity index (χ0v) is 11.3. The minimum absolute atomic E-state index is 0.239. The molecule has 3 saturated heterocycles. The van der Waals surface area contributed by atoms with E-state index in [9.17, 15) is 4.79 Å². The molecule has 1 aromatic rings. The van der Waals surface area contributed by atoms with E-state index in [1.54, 1.807) is 0 Å². The normalized spacial score (nSPS) is 23.5. The molecule has 0 N–H and O–H groups in total. The lowest BCUT2D eigenvalue weighted by molar-refractivity contribution is -0.125. The zero-order chi connectivity index (χ0) is 13.5. The fourth-order valence-electron chi connectivity index (χ4n) is 3.22. The Kier molecular flexibility index (Phi) is 2.69. The van der Waals surface area contributed by atoms with E-state index in [0.29, 0.717) is 19.0 Å². The number of allylic oxidation sites excluding steroid dienone is 1. The van der Waals surface area contributed by atoms with Gasteiger partial charge in [0.05, 0.1) is 5.70 Å². The van der Waals surface area contributed by atoms with Gasteiger partial charge in [-0.05, 0) is 36.6 Å². The Labute approximate surface area is 118 Å². The molecule has 4 aliphatic rings. The van der Waals surface area contributed by atoms with Crippen molar-refractivity contribution in [3.8, 4) is 11.5 Å². The van der Waals surface area contributed by atoms with Gasteiger partial charge in [0.15, 0.2) is 17.3 Å². The minimum Gasteiger partial charge on any atom is -0.486 e. The highest BCUT2D eigenvalue weighted by molar-refractivity contribution is 6.01. The van der Waals surface area contributed by atoms with Crippen molar-refractivity contribution in [2.45, 2.75) is 12.8 Å². The van der Waals surface area contributed by atoms with Crippen molar-refractivity contribution >= 4 is 11.9 Å². The molecular weight excluding hydrogens is 254 g/mol. The molecule has 4 nitrogen and oxygen atoms in total. The van der Waals surface area contributed by atoms with Crippen LogP contribution in [0.2, 0.25) is 0 Å². The largest absolute Gasteiger partial charge is 0.486 e. The molecular formula is C16H17NO3. The first-order valence-electron chi connectivity index (χ1n) is 7.22. The third-order valence-electron chi connectivity index (χ3n) is 4.33. The van der Waals surface area contributed by atoms with Crippen LogP contribution in [-0.4, -0.2) is 37.0 Å². The van der Waals surface area contributed by atoms with Gasteiger partial charge < -0.3 is 14.4 Å².